The van der Waals surface area contributed by atoms with Gasteiger partial charge in [0.15, 0.2) is 23.0 Å². The van der Waals surface area contributed by atoms with Crippen LogP contribution >= 0.6 is 31.8 Å². The molecule has 0 saturated carbocycles. The van der Waals surface area contributed by atoms with Crippen LogP contribution in [0.4, 0.5) is 0 Å². The summed E-state index contributed by atoms with van der Waals surface area (Å²) >= 11 is 1.70. The molecule has 0 aliphatic carbocycles. The lowest BCUT2D eigenvalue weighted by Crippen LogP contribution is -1.64. The van der Waals surface area contributed by atoms with Gasteiger partial charge in [-0.1, -0.05) is 6.92 Å². The zero-order valence-corrected chi connectivity index (χ0v) is 6.56. The molecule has 0 aromatic carbocycles. The molecular formula is C2H6IO2P. The van der Waals surface area contributed by atoms with Gasteiger partial charge in [0.1, 0.15) is 0 Å². The van der Waals surface area contributed by atoms with Crippen LogP contribution in [0, 0.1) is 0 Å². The number of halogens is 1. The summed E-state index contributed by atoms with van der Waals surface area (Å²) < 4.78 is 8.76. The lowest BCUT2D eigenvalue weighted by molar-refractivity contribution is -0.0278. The Hall–Kier alpha value is 1.08. The molecule has 1 atom stereocenters. The monoisotopic (exact) mass is 220 g/mol. The van der Waals surface area contributed by atoms with E-state index >= 15 is 0 Å². The molecule has 0 aromatic rings. The van der Waals surface area contributed by atoms with Crippen LogP contribution in [0.2, 0.25) is 0 Å². The minimum atomic E-state index is 0.485. The average molecular weight is 220 g/mol. The molecule has 0 spiro atoms. The van der Waals surface area contributed by atoms with Gasteiger partial charge >= 0.3 is 0 Å². The summed E-state index contributed by atoms with van der Waals surface area (Å²) in [4.78, 5) is 0. The molecule has 38 valence electrons. The van der Waals surface area contributed by atoms with Crippen LogP contribution < -0.4 is 0 Å². The molecule has 0 aromatic heterocycles. The molecule has 0 N–H and O–H groups in total. The Labute approximate surface area is 53.1 Å². The second-order valence-corrected chi connectivity index (χ2v) is 2.17. The lowest BCUT2D eigenvalue weighted by Gasteiger charge is -1.88. The Kier molecular flexibility index (Phi) is 7.17. The number of hydrogen-bond donors (Lipinski definition) is 0. The van der Waals surface area contributed by atoms with Crippen molar-refractivity contribution < 1.29 is 7.89 Å². The zero-order valence-electron chi connectivity index (χ0n) is 3.40. The van der Waals surface area contributed by atoms with Gasteiger partial charge < -0.3 is 0 Å². The molecule has 4 heteroatoms. The Bertz CT molecular complexity index is 23.5. The standard InChI is InChI=1S/C2H6IO2P/c1-2-6-5-4-3/h6H,2H2,1H3. The molecule has 0 radical (unpaired) electrons. The third-order valence-electron chi connectivity index (χ3n) is 0.235. The number of hydrogen-bond acceptors (Lipinski definition) is 2. The van der Waals surface area contributed by atoms with Crippen molar-refractivity contribution in [2.45, 2.75) is 6.92 Å². The van der Waals surface area contributed by atoms with Crippen molar-refractivity contribution >= 4 is 31.8 Å². The van der Waals surface area contributed by atoms with E-state index in [4.69, 9.17) is 0 Å². The fourth-order valence-electron chi connectivity index (χ4n) is 0.0812. The maximum absolute atomic E-state index is 4.50. The molecule has 2 nitrogen and oxygen atoms in total. The Morgan fingerprint density at radius 2 is 2.50 bits per heavy atom. The van der Waals surface area contributed by atoms with Gasteiger partial charge in [-0.3, -0.25) is 0 Å². The van der Waals surface area contributed by atoms with E-state index in [0.29, 0.717) is 8.81 Å². The summed E-state index contributed by atoms with van der Waals surface area (Å²) in [5, 5.41) is 0. The first-order chi connectivity index (χ1) is 2.91. The molecule has 6 heavy (non-hydrogen) atoms. The van der Waals surface area contributed by atoms with Gasteiger partial charge in [-0.15, -0.1) is 0 Å². The van der Waals surface area contributed by atoms with Crippen LogP contribution in [0.1, 0.15) is 6.92 Å². The highest BCUT2D eigenvalue weighted by molar-refractivity contribution is 14.1. The maximum Gasteiger partial charge on any atom is 0.155 e. The molecule has 0 rings (SSSR count). The fraction of sp³-hybridized carbons (Fsp3) is 1.00. The quantitative estimate of drug-likeness (QED) is 0.238. The van der Waals surface area contributed by atoms with E-state index in [9.17, 15) is 0 Å². The summed E-state index contributed by atoms with van der Waals surface area (Å²) in [7, 11) is 0.485. The van der Waals surface area contributed by atoms with E-state index in [0.717, 1.165) is 6.16 Å². The summed E-state index contributed by atoms with van der Waals surface area (Å²) in [6.45, 7) is 2.04. The van der Waals surface area contributed by atoms with Gasteiger partial charge in [0.05, 0.1) is 8.81 Å². The highest BCUT2D eigenvalue weighted by Crippen LogP contribution is 2.11. The normalized spacial score (nSPS) is 11.0. The molecular weight excluding hydrogens is 214 g/mol. The SMILES string of the molecule is CCPOOI. The summed E-state index contributed by atoms with van der Waals surface area (Å²) in [5.74, 6) is 0. The van der Waals surface area contributed by atoms with Gasteiger partial charge in [0.25, 0.3) is 0 Å². The van der Waals surface area contributed by atoms with E-state index in [1.807, 2.05) is 6.92 Å². The largest absolute Gasteiger partial charge is 0.208 e. The van der Waals surface area contributed by atoms with Gasteiger partial charge in [-0.05, 0) is 6.16 Å². The first-order valence-electron chi connectivity index (χ1n) is 1.59. The van der Waals surface area contributed by atoms with Crippen molar-refractivity contribution in [2.75, 3.05) is 6.16 Å². The van der Waals surface area contributed by atoms with E-state index in [1.54, 1.807) is 23.0 Å². The van der Waals surface area contributed by atoms with Crippen molar-refractivity contribution in [2.24, 2.45) is 0 Å². The first-order valence-corrected chi connectivity index (χ1v) is 3.58. The second kappa shape index (κ2) is 6.08. The summed E-state index contributed by atoms with van der Waals surface area (Å²) in [6.07, 6.45) is 1.03. The Morgan fingerprint density at radius 1 is 1.83 bits per heavy atom. The molecule has 0 bridgehead atoms. The molecule has 0 heterocycles. The number of rotatable bonds is 3. The van der Waals surface area contributed by atoms with Gasteiger partial charge in [-0.25, -0.2) is 4.67 Å². The maximum atomic E-state index is 4.50. The van der Waals surface area contributed by atoms with Crippen molar-refractivity contribution in [3.05, 3.63) is 0 Å². The molecule has 0 saturated heterocycles. The van der Waals surface area contributed by atoms with Crippen molar-refractivity contribution in [3.8, 4) is 0 Å². The summed E-state index contributed by atoms with van der Waals surface area (Å²) in [6, 6.07) is 0. The Morgan fingerprint density at radius 3 is 2.67 bits per heavy atom. The minimum absolute atomic E-state index is 0.485. The average Bonchev–Trinajstić information content (AvgIpc) is 1.61. The molecule has 0 amide bonds. The second-order valence-electron chi connectivity index (χ2n) is 0.644. The molecule has 0 aliphatic rings. The minimum Gasteiger partial charge on any atom is -0.208 e. The highest BCUT2D eigenvalue weighted by Gasteiger charge is 1.75. The van der Waals surface area contributed by atoms with Gasteiger partial charge in [-0.2, -0.15) is 3.22 Å². The predicted molar refractivity (Wildman–Crippen MR) is 35.0 cm³/mol. The Balaban J connectivity index is 2.34. The van der Waals surface area contributed by atoms with Crippen molar-refractivity contribution in [1.82, 2.24) is 0 Å². The third kappa shape index (κ3) is 5.08. The van der Waals surface area contributed by atoms with E-state index < -0.39 is 0 Å². The molecule has 0 aliphatic heterocycles. The lowest BCUT2D eigenvalue weighted by atomic mass is 11.0. The topological polar surface area (TPSA) is 18.5 Å². The highest BCUT2D eigenvalue weighted by atomic mass is 127. The fourth-order valence-corrected chi connectivity index (χ4v) is 0.625. The van der Waals surface area contributed by atoms with Crippen molar-refractivity contribution in [1.29, 1.82) is 0 Å². The van der Waals surface area contributed by atoms with Crippen LogP contribution in [0.25, 0.3) is 0 Å². The van der Waals surface area contributed by atoms with Gasteiger partial charge in [0, 0.05) is 0 Å². The zero-order chi connectivity index (χ0) is 4.83. The van der Waals surface area contributed by atoms with Gasteiger partial charge in [0.2, 0.25) is 0 Å². The third-order valence-corrected chi connectivity index (χ3v) is 1.24. The molecule has 1 unspecified atom stereocenters. The molecule has 0 fully saturated rings. The van der Waals surface area contributed by atoms with Crippen molar-refractivity contribution in [3.63, 3.8) is 0 Å². The van der Waals surface area contributed by atoms with Crippen LogP contribution in [0.5, 0.6) is 0 Å². The van der Waals surface area contributed by atoms with Crippen LogP contribution in [0.3, 0.4) is 0 Å². The van der Waals surface area contributed by atoms with E-state index in [-0.39, 0.29) is 0 Å². The summed E-state index contributed by atoms with van der Waals surface area (Å²) in [5.41, 5.74) is 0. The first kappa shape index (κ1) is 7.08. The van der Waals surface area contributed by atoms with E-state index in [2.05, 4.69) is 7.89 Å². The predicted octanol–water partition coefficient (Wildman–Crippen LogP) is 1.90. The smallest absolute Gasteiger partial charge is 0.155 e. The van der Waals surface area contributed by atoms with Crippen LogP contribution in [-0.2, 0) is 7.89 Å². The van der Waals surface area contributed by atoms with Crippen LogP contribution in [-0.4, -0.2) is 6.16 Å². The van der Waals surface area contributed by atoms with Crippen LogP contribution in [0.15, 0.2) is 0 Å². The van der Waals surface area contributed by atoms with E-state index in [1.165, 1.54) is 0 Å².